The van der Waals surface area contributed by atoms with Crippen molar-refractivity contribution in [2.75, 3.05) is 13.7 Å². The van der Waals surface area contributed by atoms with Gasteiger partial charge in [0.25, 0.3) is 5.69 Å². The van der Waals surface area contributed by atoms with Gasteiger partial charge in [-0.3, -0.25) is 10.1 Å². The van der Waals surface area contributed by atoms with Crippen molar-refractivity contribution in [1.82, 2.24) is 10.2 Å². The molecule has 0 unspecified atom stereocenters. The van der Waals surface area contributed by atoms with E-state index >= 15 is 0 Å². The summed E-state index contributed by atoms with van der Waals surface area (Å²) >= 11 is 5.46. The Hall–Kier alpha value is -2.48. The maximum atomic E-state index is 12.4. The van der Waals surface area contributed by atoms with Crippen molar-refractivity contribution in [2.45, 2.75) is 32.7 Å². The van der Waals surface area contributed by atoms with Crippen molar-refractivity contribution >= 4 is 29.0 Å². The van der Waals surface area contributed by atoms with E-state index in [1.165, 1.54) is 19.2 Å². The SMILES string of the molecule is CCCCN1C(=S)N[C@H](c2ccc([N+](=O)[O-])cc2)C(C(=O)OC)=C1C. The molecule has 0 spiro atoms. The van der Waals surface area contributed by atoms with Crippen LogP contribution in [0.25, 0.3) is 0 Å². The summed E-state index contributed by atoms with van der Waals surface area (Å²) in [6.07, 6.45) is 1.95. The van der Waals surface area contributed by atoms with E-state index in [4.69, 9.17) is 17.0 Å². The van der Waals surface area contributed by atoms with Crippen LogP contribution in [0.5, 0.6) is 0 Å². The number of esters is 1. The molecule has 1 N–H and O–H groups in total. The number of methoxy groups -OCH3 is 1. The first kappa shape index (κ1) is 18.9. The van der Waals surface area contributed by atoms with Crippen LogP contribution in [-0.4, -0.2) is 34.6 Å². The molecule has 25 heavy (non-hydrogen) atoms. The molecular formula is C17H21N3O4S. The molecule has 0 fully saturated rings. The third kappa shape index (κ3) is 3.96. The maximum absolute atomic E-state index is 12.4. The Balaban J connectivity index is 2.45. The second-order valence-electron chi connectivity index (χ2n) is 5.73. The van der Waals surface area contributed by atoms with Crippen molar-refractivity contribution in [1.29, 1.82) is 0 Å². The number of nitro benzene ring substituents is 1. The third-order valence-electron chi connectivity index (χ3n) is 4.17. The fourth-order valence-corrected chi connectivity index (χ4v) is 3.13. The minimum Gasteiger partial charge on any atom is -0.466 e. The van der Waals surface area contributed by atoms with Crippen LogP contribution in [0.2, 0.25) is 0 Å². The van der Waals surface area contributed by atoms with Gasteiger partial charge in [-0.15, -0.1) is 0 Å². The number of carbonyl (C=O) groups excluding carboxylic acids is 1. The second kappa shape index (κ2) is 8.06. The van der Waals surface area contributed by atoms with Crippen LogP contribution in [0.4, 0.5) is 5.69 Å². The van der Waals surface area contributed by atoms with E-state index in [-0.39, 0.29) is 5.69 Å². The fourth-order valence-electron chi connectivity index (χ4n) is 2.78. The number of rotatable bonds is 6. The van der Waals surface area contributed by atoms with Crippen LogP contribution >= 0.6 is 12.2 Å². The lowest BCUT2D eigenvalue weighted by atomic mass is 9.94. The van der Waals surface area contributed by atoms with E-state index in [0.717, 1.165) is 18.5 Å². The monoisotopic (exact) mass is 363 g/mol. The molecule has 0 aliphatic carbocycles. The van der Waals surface area contributed by atoms with Crippen molar-refractivity contribution in [3.63, 3.8) is 0 Å². The lowest BCUT2D eigenvalue weighted by molar-refractivity contribution is -0.384. The molecule has 1 atom stereocenters. The van der Waals surface area contributed by atoms with E-state index in [9.17, 15) is 14.9 Å². The van der Waals surface area contributed by atoms with Gasteiger partial charge in [0.05, 0.1) is 23.6 Å². The van der Waals surface area contributed by atoms with Crippen molar-refractivity contribution in [3.05, 3.63) is 51.2 Å². The average Bonchev–Trinajstić information content (AvgIpc) is 2.60. The fraction of sp³-hybridized carbons (Fsp3) is 0.412. The first-order chi connectivity index (χ1) is 11.9. The average molecular weight is 363 g/mol. The van der Waals surface area contributed by atoms with Crippen molar-refractivity contribution < 1.29 is 14.5 Å². The summed E-state index contributed by atoms with van der Waals surface area (Å²) in [4.78, 5) is 24.6. The van der Waals surface area contributed by atoms with Gasteiger partial charge in [0.1, 0.15) is 0 Å². The summed E-state index contributed by atoms with van der Waals surface area (Å²) < 4.78 is 4.95. The van der Waals surface area contributed by atoms with Crippen LogP contribution in [0.1, 0.15) is 38.3 Å². The molecular weight excluding hydrogens is 342 g/mol. The number of hydrogen-bond acceptors (Lipinski definition) is 5. The standard InChI is InChI=1S/C17H21N3O4S/c1-4-5-10-19-11(2)14(16(21)24-3)15(18-17(19)25)12-6-8-13(9-7-12)20(22)23/h6-9,15H,4-5,10H2,1-3H3,(H,18,25)/t15-/m1/s1. The quantitative estimate of drug-likeness (QED) is 0.360. The highest BCUT2D eigenvalue weighted by Gasteiger charge is 2.34. The Morgan fingerprint density at radius 2 is 2.04 bits per heavy atom. The number of ether oxygens (including phenoxy) is 1. The van der Waals surface area contributed by atoms with Gasteiger partial charge in [0, 0.05) is 24.4 Å². The molecule has 0 aromatic heterocycles. The number of benzene rings is 1. The smallest absolute Gasteiger partial charge is 0.337 e. The lowest BCUT2D eigenvalue weighted by Crippen LogP contribution is -2.48. The number of nitrogens with zero attached hydrogens (tertiary/aromatic N) is 2. The summed E-state index contributed by atoms with van der Waals surface area (Å²) in [6.45, 7) is 4.63. The normalized spacial score (nSPS) is 17.3. The summed E-state index contributed by atoms with van der Waals surface area (Å²) in [5, 5.41) is 14.5. The Bertz CT molecular complexity index is 715. The predicted molar refractivity (Wildman–Crippen MR) is 97.9 cm³/mol. The number of carbonyl (C=O) groups is 1. The van der Waals surface area contributed by atoms with E-state index in [2.05, 4.69) is 12.2 Å². The first-order valence-corrected chi connectivity index (χ1v) is 8.43. The number of allylic oxidation sites excluding steroid dienone is 1. The largest absolute Gasteiger partial charge is 0.466 e. The number of non-ortho nitro benzene ring substituents is 1. The highest BCUT2D eigenvalue weighted by molar-refractivity contribution is 7.80. The first-order valence-electron chi connectivity index (χ1n) is 8.02. The lowest BCUT2D eigenvalue weighted by Gasteiger charge is -2.37. The van der Waals surface area contributed by atoms with Gasteiger partial charge in [0.15, 0.2) is 5.11 Å². The molecule has 0 saturated carbocycles. The van der Waals surface area contributed by atoms with Gasteiger partial charge in [-0.2, -0.15) is 0 Å². The van der Waals surface area contributed by atoms with E-state index < -0.39 is 16.9 Å². The van der Waals surface area contributed by atoms with Crippen LogP contribution in [0.15, 0.2) is 35.5 Å². The van der Waals surface area contributed by atoms with Gasteiger partial charge < -0.3 is 15.0 Å². The molecule has 1 heterocycles. The van der Waals surface area contributed by atoms with Crippen LogP contribution < -0.4 is 5.32 Å². The second-order valence-corrected chi connectivity index (χ2v) is 6.11. The number of hydrogen-bond donors (Lipinski definition) is 1. The van der Waals surface area contributed by atoms with Crippen molar-refractivity contribution in [3.8, 4) is 0 Å². The van der Waals surface area contributed by atoms with Gasteiger partial charge in [-0.05, 0) is 43.3 Å². The Morgan fingerprint density at radius 3 is 2.56 bits per heavy atom. The molecule has 0 bridgehead atoms. The Kier molecular flexibility index (Phi) is 6.08. The molecule has 0 saturated heterocycles. The molecule has 134 valence electrons. The van der Waals surface area contributed by atoms with Gasteiger partial charge >= 0.3 is 5.97 Å². The van der Waals surface area contributed by atoms with Gasteiger partial charge in [0.2, 0.25) is 0 Å². The number of nitro groups is 1. The molecule has 0 radical (unpaired) electrons. The van der Waals surface area contributed by atoms with E-state index in [0.29, 0.717) is 22.8 Å². The minimum absolute atomic E-state index is 0.00738. The minimum atomic E-state index is -0.501. The Morgan fingerprint density at radius 1 is 1.40 bits per heavy atom. The topological polar surface area (TPSA) is 84.7 Å². The van der Waals surface area contributed by atoms with Gasteiger partial charge in [-0.1, -0.05) is 13.3 Å². The number of nitrogens with one attached hydrogen (secondary N) is 1. The number of unbranched alkanes of at least 4 members (excludes halogenated alkanes) is 1. The highest BCUT2D eigenvalue weighted by atomic mass is 32.1. The van der Waals surface area contributed by atoms with E-state index in [1.807, 2.05) is 11.8 Å². The van der Waals surface area contributed by atoms with Crippen LogP contribution in [-0.2, 0) is 9.53 Å². The van der Waals surface area contributed by atoms with Crippen LogP contribution in [0.3, 0.4) is 0 Å². The molecule has 1 aromatic carbocycles. The molecule has 1 aliphatic rings. The summed E-state index contributed by atoms with van der Waals surface area (Å²) in [6, 6.07) is 5.56. The zero-order valence-corrected chi connectivity index (χ0v) is 15.3. The molecule has 1 aliphatic heterocycles. The summed E-state index contributed by atoms with van der Waals surface area (Å²) in [7, 11) is 1.33. The molecule has 7 nitrogen and oxygen atoms in total. The number of thiocarbonyl (C=S) groups is 1. The highest BCUT2D eigenvalue weighted by Crippen LogP contribution is 2.32. The molecule has 1 aromatic rings. The predicted octanol–water partition coefficient (Wildman–Crippen LogP) is 3.07. The van der Waals surface area contributed by atoms with E-state index in [1.54, 1.807) is 12.1 Å². The van der Waals surface area contributed by atoms with Crippen molar-refractivity contribution in [2.24, 2.45) is 0 Å². The molecule has 2 rings (SSSR count). The maximum Gasteiger partial charge on any atom is 0.337 e. The van der Waals surface area contributed by atoms with Crippen LogP contribution in [0, 0.1) is 10.1 Å². The zero-order valence-electron chi connectivity index (χ0n) is 14.4. The summed E-state index contributed by atoms with van der Waals surface area (Å²) in [5.41, 5.74) is 1.91. The Labute approximate surface area is 151 Å². The third-order valence-corrected chi connectivity index (χ3v) is 4.51. The summed E-state index contributed by atoms with van der Waals surface area (Å²) in [5.74, 6) is -0.447. The van der Waals surface area contributed by atoms with Gasteiger partial charge in [-0.25, -0.2) is 4.79 Å². The molecule has 0 amide bonds. The molecule has 8 heteroatoms. The zero-order chi connectivity index (χ0) is 18.6.